The van der Waals surface area contributed by atoms with Crippen LogP contribution in [0.5, 0.6) is 11.5 Å². The third-order valence-electron chi connectivity index (χ3n) is 3.54. The maximum atomic E-state index is 12.3. The molecule has 2 rings (SSSR count). The molecule has 0 bridgehead atoms. The second-order valence-electron chi connectivity index (χ2n) is 5.57. The van der Waals surface area contributed by atoms with E-state index in [-0.39, 0.29) is 18.1 Å². The summed E-state index contributed by atoms with van der Waals surface area (Å²) in [4.78, 5) is 14.4. The summed E-state index contributed by atoms with van der Waals surface area (Å²) in [6.45, 7) is 5.88. The van der Waals surface area contributed by atoms with Crippen LogP contribution >= 0.6 is 0 Å². The van der Waals surface area contributed by atoms with Gasteiger partial charge in [0.15, 0.2) is 0 Å². The van der Waals surface area contributed by atoms with Crippen molar-refractivity contribution in [2.24, 2.45) is 0 Å². The molecule has 1 amide bonds. The van der Waals surface area contributed by atoms with Gasteiger partial charge in [-0.3, -0.25) is 9.69 Å². The number of nitrogens with zero attached hydrogens (tertiary/aromatic N) is 1. The van der Waals surface area contributed by atoms with Crippen LogP contribution < -0.4 is 14.8 Å². The SMILES string of the molecule is COc1ccc(OC)c(NC(=O)CN2C[C@H](C)O[C@@H](C)C2)c1. The molecule has 1 fully saturated rings. The summed E-state index contributed by atoms with van der Waals surface area (Å²) < 4.78 is 16.1. The topological polar surface area (TPSA) is 60.0 Å². The fourth-order valence-electron chi connectivity index (χ4n) is 2.72. The van der Waals surface area contributed by atoms with E-state index in [9.17, 15) is 4.79 Å². The summed E-state index contributed by atoms with van der Waals surface area (Å²) >= 11 is 0. The molecule has 0 spiro atoms. The number of nitrogens with one attached hydrogen (secondary N) is 1. The van der Waals surface area contributed by atoms with E-state index in [2.05, 4.69) is 10.2 Å². The van der Waals surface area contributed by atoms with E-state index in [1.807, 2.05) is 13.8 Å². The summed E-state index contributed by atoms with van der Waals surface area (Å²) in [5.74, 6) is 1.20. The van der Waals surface area contributed by atoms with Crippen LogP contribution in [0.1, 0.15) is 13.8 Å². The number of amides is 1. The van der Waals surface area contributed by atoms with Gasteiger partial charge in [0.25, 0.3) is 0 Å². The molecule has 0 radical (unpaired) electrons. The Labute approximate surface area is 131 Å². The van der Waals surface area contributed by atoms with Gasteiger partial charge in [-0.05, 0) is 26.0 Å². The quantitative estimate of drug-likeness (QED) is 0.898. The predicted octanol–water partition coefficient (Wildman–Crippen LogP) is 1.75. The fourth-order valence-corrected chi connectivity index (χ4v) is 2.72. The highest BCUT2D eigenvalue weighted by molar-refractivity contribution is 5.94. The first-order valence-corrected chi connectivity index (χ1v) is 7.41. The number of anilines is 1. The minimum Gasteiger partial charge on any atom is -0.497 e. The highest BCUT2D eigenvalue weighted by Crippen LogP contribution is 2.28. The predicted molar refractivity (Wildman–Crippen MR) is 84.6 cm³/mol. The zero-order chi connectivity index (χ0) is 16.1. The third-order valence-corrected chi connectivity index (χ3v) is 3.54. The molecule has 1 saturated heterocycles. The van der Waals surface area contributed by atoms with Crippen molar-refractivity contribution < 1.29 is 19.0 Å². The lowest BCUT2D eigenvalue weighted by Crippen LogP contribution is -2.48. The molecule has 1 N–H and O–H groups in total. The first-order chi connectivity index (χ1) is 10.5. The third kappa shape index (κ3) is 4.35. The number of rotatable bonds is 5. The van der Waals surface area contributed by atoms with Crippen molar-refractivity contribution in [1.82, 2.24) is 4.90 Å². The molecule has 0 unspecified atom stereocenters. The van der Waals surface area contributed by atoms with Crippen LogP contribution in [0, 0.1) is 0 Å². The fraction of sp³-hybridized carbons (Fsp3) is 0.562. The van der Waals surface area contributed by atoms with Crippen LogP contribution in [0.15, 0.2) is 18.2 Å². The number of carbonyl (C=O) groups is 1. The molecule has 6 heteroatoms. The zero-order valence-electron chi connectivity index (χ0n) is 13.6. The summed E-state index contributed by atoms with van der Waals surface area (Å²) in [7, 11) is 3.16. The van der Waals surface area contributed by atoms with Crippen molar-refractivity contribution in [1.29, 1.82) is 0 Å². The smallest absolute Gasteiger partial charge is 0.238 e. The molecule has 2 atom stereocenters. The van der Waals surface area contributed by atoms with Crippen LogP contribution in [0.3, 0.4) is 0 Å². The molecule has 1 heterocycles. The molecule has 1 aromatic rings. The zero-order valence-corrected chi connectivity index (χ0v) is 13.6. The van der Waals surface area contributed by atoms with E-state index in [4.69, 9.17) is 14.2 Å². The molecule has 1 aliphatic heterocycles. The second-order valence-corrected chi connectivity index (χ2v) is 5.57. The average molecular weight is 308 g/mol. The Bertz CT molecular complexity index is 511. The first-order valence-electron chi connectivity index (χ1n) is 7.41. The van der Waals surface area contributed by atoms with Gasteiger partial charge < -0.3 is 19.5 Å². The summed E-state index contributed by atoms with van der Waals surface area (Å²) in [6.07, 6.45) is 0.283. The van der Waals surface area contributed by atoms with E-state index in [0.717, 1.165) is 13.1 Å². The first kappa shape index (κ1) is 16.6. The summed E-state index contributed by atoms with van der Waals surface area (Å²) in [5, 5.41) is 2.89. The number of benzene rings is 1. The van der Waals surface area contributed by atoms with Crippen molar-refractivity contribution in [2.75, 3.05) is 39.2 Å². The average Bonchev–Trinajstić information content (AvgIpc) is 2.45. The van der Waals surface area contributed by atoms with Crippen LogP contribution in [-0.2, 0) is 9.53 Å². The summed E-state index contributed by atoms with van der Waals surface area (Å²) in [5.41, 5.74) is 0.612. The Hall–Kier alpha value is -1.79. The maximum Gasteiger partial charge on any atom is 0.238 e. The highest BCUT2D eigenvalue weighted by atomic mass is 16.5. The molecule has 122 valence electrons. The lowest BCUT2D eigenvalue weighted by Gasteiger charge is -2.34. The van der Waals surface area contributed by atoms with Crippen molar-refractivity contribution in [3.8, 4) is 11.5 Å². The molecular formula is C16H24N2O4. The van der Waals surface area contributed by atoms with Crippen molar-refractivity contribution in [3.63, 3.8) is 0 Å². The van der Waals surface area contributed by atoms with Gasteiger partial charge in [0.05, 0.1) is 38.7 Å². The van der Waals surface area contributed by atoms with Crippen molar-refractivity contribution in [3.05, 3.63) is 18.2 Å². The van der Waals surface area contributed by atoms with E-state index >= 15 is 0 Å². The van der Waals surface area contributed by atoms with Gasteiger partial charge >= 0.3 is 0 Å². The molecule has 0 aliphatic carbocycles. The normalized spacial score (nSPS) is 22.2. The number of ether oxygens (including phenoxy) is 3. The van der Waals surface area contributed by atoms with Crippen LogP contribution in [0.2, 0.25) is 0 Å². The van der Waals surface area contributed by atoms with Gasteiger partial charge in [0.1, 0.15) is 11.5 Å². The molecular weight excluding hydrogens is 284 g/mol. The van der Waals surface area contributed by atoms with Crippen LogP contribution in [0.25, 0.3) is 0 Å². The van der Waals surface area contributed by atoms with Crippen LogP contribution in [-0.4, -0.2) is 56.9 Å². The lowest BCUT2D eigenvalue weighted by atomic mass is 10.2. The van der Waals surface area contributed by atoms with Crippen molar-refractivity contribution >= 4 is 11.6 Å². The lowest BCUT2D eigenvalue weighted by molar-refractivity contribution is -0.121. The minimum atomic E-state index is -0.0761. The Morgan fingerprint density at radius 3 is 2.55 bits per heavy atom. The number of carbonyl (C=O) groups excluding carboxylic acids is 1. The number of morpholine rings is 1. The second kappa shape index (κ2) is 7.47. The Morgan fingerprint density at radius 1 is 1.27 bits per heavy atom. The largest absolute Gasteiger partial charge is 0.497 e. The van der Waals surface area contributed by atoms with E-state index < -0.39 is 0 Å². The Morgan fingerprint density at radius 2 is 1.95 bits per heavy atom. The van der Waals surface area contributed by atoms with E-state index in [0.29, 0.717) is 23.7 Å². The van der Waals surface area contributed by atoms with Gasteiger partial charge in [-0.25, -0.2) is 0 Å². The van der Waals surface area contributed by atoms with E-state index in [1.165, 1.54) is 0 Å². The molecule has 22 heavy (non-hydrogen) atoms. The molecule has 1 aromatic carbocycles. The molecule has 0 saturated carbocycles. The highest BCUT2D eigenvalue weighted by Gasteiger charge is 2.24. The molecule has 1 aliphatic rings. The molecule has 6 nitrogen and oxygen atoms in total. The van der Waals surface area contributed by atoms with Gasteiger partial charge in [0, 0.05) is 19.2 Å². The molecule has 0 aromatic heterocycles. The maximum absolute atomic E-state index is 12.3. The van der Waals surface area contributed by atoms with Crippen molar-refractivity contribution in [2.45, 2.75) is 26.1 Å². The Kier molecular flexibility index (Phi) is 5.63. The number of methoxy groups -OCH3 is 2. The van der Waals surface area contributed by atoms with E-state index in [1.54, 1.807) is 32.4 Å². The van der Waals surface area contributed by atoms with Gasteiger partial charge in [-0.15, -0.1) is 0 Å². The number of hydrogen-bond donors (Lipinski definition) is 1. The van der Waals surface area contributed by atoms with Gasteiger partial charge in [-0.2, -0.15) is 0 Å². The Balaban J connectivity index is 1.99. The van der Waals surface area contributed by atoms with Gasteiger partial charge in [0.2, 0.25) is 5.91 Å². The monoisotopic (exact) mass is 308 g/mol. The standard InChI is InChI=1S/C16H24N2O4/c1-11-8-18(9-12(2)22-11)10-16(19)17-14-7-13(20-3)5-6-15(14)21-4/h5-7,11-12H,8-10H2,1-4H3,(H,17,19)/t11-,12-/m0/s1. The summed E-state index contributed by atoms with van der Waals surface area (Å²) in [6, 6.07) is 5.31. The number of hydrogen-bond acceptors (Lipinski definition) is 5. The van der Waals surface area contributed by atoms with Crippen LogP contribution in [0.4, 0.5) is 5.69 Å². The van der Waals surface area contributed by atoms with Gasteiger partial charge in [-0.1, -0.05) is 0 Å². The minimum absolute atomic E-state index is 0.0761.